The van der Waals surface area contributed by atoms with Crippen molar-refractivity contribution in [3.63, 3.8) is 0 Å². The Kier molecular flexibility index (Phi) is 6.82. The van der Waals surface area contributed by atoms with Crippen LogP contribution in [0.1, 0.15) is 19.8 Å². The van der Waals surface area contributed by atoms with E-state index in [1.54, 1.807) is 11.0 Å². The molecule has 1 fully saturated rings. The van der Waals surface area contributed by atoms with Gasteiger partial charge in [-0.05, 0) is 19.9 Å². The Morgan fingerprint density at radius 2 is 2.30 bits per heavy atom. The fourth-order valence-corrected chi connectivity index (χ4v) is 2.24. The minimum atomic E-state index is -0.0456. The third kappa shape index (κ3) is 5.89. The summed E-state index contributed by atoms with van der Waals surface area (Å²) >= 11 is 0. The quantitative estimate of drug-likeness (QED) is 0.578. The summed E-state index contributed by atoms with van der Waals surface area (Å²) in [7, 11) is 1.91. The lowest BCUT2D eigenvalue weighted by Gasteiger charge is -2.32. The summed E-state index contributed by atoms with van der Waals surface area (Å²) < 4.78 is 0. The fourth-order valence-electron chi connectivity index (χ4n) is 2.24. The van der Waals surface area contributed by atoms with Crippen molar-refractivity contribution in [2.45, 2.75) is 25.8 Å². The second kappa shape index (κ2) is 8.39. The van der Waals surface area contributed by atoms with Crippen LogP contribution in [0.25, 0.3) is 0 Å². The molecule has 1 aliphatic heterocycles. The van der Waals surface area contributed by atoms with Gasteiger partial charge in [-0.15, -0.1) is 6.42 Å². The summed E-state index contributed by atoms with van der Waals surface area (Å²) in [5.74, 6) is 2.50. The van der Waals surface area contributed by atoms with E-state index >= 15 is 0 Å². The molecule has 5 heteroatoms. The van der Waals surface area contributed by atoms with Crippen LogP contribution in [-0.4, -0.2) is 60.9 Å². The average Bonchev–Trinajstić information content (AvgIpc) is 2.38. The van der Waals surface area contributed by atoms with Crippen molar-refractivity contribution in [3.8, 4) is 12.3 Å². The molecular formula is C15H23N3O2. The molecule has 20 heavy (non-hydrogen) atoms. The Hall–Kier alpha value is -1.80. The van der Waals surface area contributed by atoms with E-state index in [1.807, 2.05) is 18.0 Å². The second-order valence-electron chi connectivity index (χ2n) is 5.13. The maximum Gasteiger partial charge on any atom is 0.246 e. The molecule has 1 rings (SSSR count). The van der Waals surface area contributed by atoms with Crippen molar-refractivity contribution in [2.24, 2.45) is 0 Å². The number of hydrogen-bond donors (Lipinski definition) is 1. The van der Waals surface area contributed by atoms with Crippen LogP contribution in [0.5, 0.6) is 0 Å². The van der Waals surface area contributed by atoms with Gasteiger partial charge in [-0.25, -0.2) is 0 Å². The molecule has 0 aromatic heterocycles. The number of terminal acetylenes is 1. The van der Waals surface area contributed by atoms with Gasteiger partial charge >= 0.3 is 0 Å². The molecule has 0 aliphatic carbocycles. The van der Waals surface area contributed by atoms with Crippen LogP contribution in [-0.2, 0) is 9.59 Å². The molecule has 0 bridgehead atoms. The molecule has 1 saturated heterocycles. The zero-order valence-electron chi connectivity index (χ0n) is 12.3. The fraction of sp³-hybridized carbons (Fsp3) is 0.600. The molecule has 1 aliphatic rings. The molecule has 0 aromatic rings. The molecule has 0 saturated carbocycles. The zero-order valence-corrected chi connectivity index (χ0v) is 12.3. The van der Waals surface area contributed by atoms with Crippen LogP contribution < -0.4 is 5.32 Å². The van der Waals surface area contributed by atoms with E-state index in [1.165, 1.54) is 6.92 Å². The number of carbonyl (C=O) groups is 2. The first-order valence-electron chi connectivity index (χ1n) is 6.87. The molecule has 110 valence electrons. The maximum absolute atomic E-state index is 12.0. The second-order valence-corrected chi connectivity index (χ2v) is 5.13. The number of nitrogens with one attached hydrogen (secondary N) is 1. The number of likely N-dealkylation sites (N-methyl/N-ethyl adjacent to an activating group) is 1. The maximum atomic E-state index is 12.0. The van der Waals surface area contributed by atoms with E-state index < -0.39 is 0 Å². The Morgan fingerprint density at radius 1 is 1.55 bits per heavy atom. The van der Waals surface area contributed by atoms with Gasteiger partial charge in [0, 0.05) is 38.7 Å². The van der Waals surface area contributed by atoms with Gasteiger partial charge in [0.2, 0.25) is 11.8 Å². The van der Waals surface area contributed by atoms with Gasteiger partial charge in [-0.3, -0.25) is 14.5 Å². The average molecular weight is 277 g/mol. The number of amides is 2. The highest BCUT2D eigenvalue weighted by molar-refractivity contribution is 5.87. The summed E-state index contributed by atoms with van der Waals surface area (Å²) in [6.45, 7) is 4.05. The Bertz CT molecular complexity index is 412. The topological polar surface area (TPSA) is 52.7 Å². The summed E-state index contributed by atoms with van der Waals surface area (Å²) in [4.78, 5) is 26.8. The molecule has 5 nitrogen and oxygen atoms in total. The zero-order chi connectivity index (χ0) is 15.0. The highest BCUT2D eigenvalue weighted by atomic mass is 16.2. The third-order valence-electron chi connectivity index (χ3n) is 3.18. The summed E-state index contributed by atoms with van der Waals surface area (Å²) in [5.41, 5.74) is 0. The third-order valence-corrected chi connectivity index (χ3v) is 3.18. The van der Waals surface area contributed by atoms with E-state index in [0.29, 0.717) is 19.6 Å². The number of nitrogens with zero attached hydrogens (tertiary/aromatic N) is 2. The first-order valence-corrected chi connectivity index (χ1v) is 6.87. The smallest absolute Gasteiger partial charge is 0.246 e. The number of hydrogen-bond acceptors (Lipinski definition) is 3. The van der Waals surface area contributed by atoms with Gasteiger partial charge in [-0.1, -0.05) is 12.0 Å². The SMILES string of the molecule is C#CCN(C)C/C=C/C(=O)N1CCCC(NC(C)=O)C1. The van der Waals surface area contributed by atoms with Crippen LogP contribution in [0.3, 0.4) is 0 Å². The molecule has 1 N–H and O–H groups in total. The predicted octanol–water partition coefficient (Wildman–Crippen LogP) is 0.235. The summed E-state index contributed by atoms with van der Waals surface area (Å²) in [6.07, 6.45) is 10.5. The van der Waals surface area contributed by atoms with Crippen LogP contribution >= 0.6 is 0 Å². The van der Waals surface area contributed by atoms with E-state index in [9.17, 15) is 9.59 Å². The first kappa shape index (κ1) is 16.3. The summed E-state index contributed by atoms with van der Waals surface area (Å²) in [6, 6.07) is 0.0720. The minimum absolute atomic E-state index is 0.00541. The van der Waals surface area contributed by atoms with Gasteiger partial charge in [-0.2, -0.15) is 0 Å². The van der Waals surface area contributed by atoms with Crippen LogP contribution in [0.2, 0.25) is 0 Å². The lowest BCUT2D eigenvalue weighted by molar-refractivity contribution is -0.128. The van der Waals surface area contributed by atoms with Crippen LogP contribution in [0.4, 0.5) is 0 Å². The van der Waals surface area contributed by atoms with Crippen molar-refractivity contribution in [1.29, 1.82) is 0 Å². The molecule has 0 radical (unpaired) electrons. The molecule has 1 unspecified atom stereocenters. The Labute approximate surface area is 121 Å². The lowest BCUT2D eigenvalue weighted by atomic mass is 10.1. The van der Waals surface area contributed by atoms with Crippen molar-refractivity contribution in [1.82, 2.24) is 15.1 Å². The molecule has 1 atom stereocenters. The normalized spacial score (nSPS) is 19.1. The molecule has 2 amide bonds. The first-order chi connectivity index (χ1) is 9.52. The molecular weight excluding hydrogens is 254 g/mol. The standard InChI is InChI=1S/C15H23N3O2/c1-4-9-17(3)10-6-8-15(20)18-11-5-7-14(12-18)16-13(2)19/h1,6,8,14H,5,7,9-12H2,2-3H3,(H,16,19)/b8-6+. The predicted molar refractivity (Wildman–Crippen MR) is 78.9 cm³/mol. The lowest BCUT2D eigenvalue weighted by Crippen LogP contribution is -2.48. The Balaban J connectivity index is 2.40. The number of rotatable bonds is 5. The monoisotopic (exact) mass is 277 g/mol. The van der Waals surface area contributed by atoms with E-state index in [-0.39, 0.29) is 17.9 Å². The van der Waals surface area contributed by atoms with E-state index in [0.717, 1.165) is 19.4 Å². The number of likely N-dealkylation sites (tertiary alicyclic amines) is 1. The Morgan fingerprint density at radius 3 is 2.95 bits per heavy atom. The van der Waals surface area contributed by atoms with Crippen molar-refractivity contribution in [2.75, 3.05) is 33.2 Å². The van der Waals surface area contributed by atoms with Gasteiger partial charge in [0.15, 0.2) is 0 Å². The minimum Gasteiger partial charge on any atom is -0.352 e. The molecule has 1 heterocycles. The van der Waals surface area contributed by atoms with Gasteiger partial charge in [0.05, 0.1) is 6.54 Å². The highest BCUT2D eigenvalue weighted by Gasteiger charge is 2.22. The molecule has 0 aromatic carbocycles. The molecule has 0 spiro atoms. The van der Waals surface area contributed by atoms with Gasteiger partial charge in [0.1, 0.15) is 0 Å². The van der Waals surface area contributed by atoms with E-state index in [4.69, 9.17) is 6.42 Å². The number of piperidine rings is 1. The van der Waals surface area contributed by atoms with E-state index in [2.05, 4.69) is 11.2 Å². The van der Waals surface area contributed by atoms with Crippen molar-refractivity contribution >= 4 is 11.8 Å². The van der Waals surface area contributed by atoms with Crippen LogP contribution in [0.15, 0.2) is 12.2 Å². The van der Waals surface area contributed by atoms with Gasteiger partial charge in [0.25, 0.3) is 0 Å². The number of carbonyl (C=O) groups excluding carboxylic acids is 2. The largest absolute Gasteiger partial charge is 0.352 e. The van der Waals surface area contributed by atoms with Crippen molar-refractivity contribution in [3.05, 3.63) is 12.2 Å². The highest BCUT2D eigenvalue weighted by Crippen LogP contribution is 2.10. The van der Waals surface area contributed by atoms with Gasteiger partial charge < -0.3 is 10.2 Å². The van der Waals surface area contributed by atoms with Crippen LogP contribution in [0, 0.1) is 12.3 Å². The summed E-state index contributed by atoms with van der Waals surface area (Å²) in [5, 5.41) is 2.87. The van der Waals surface area contributed by atoms with Crippen molar-refractivity contribution < 1.29 is 9.59 Å².